The van der Waals surface area contributed by atoms with Crippen molar-refractivity contribution in [3.05, 3.63) is 53.5 Å². The van der Waals surface area contributed by atoms with Crippen LogP contribution in [0, 0.1) is 0 Å². The largest absolute Gasteiger partial charge is 0.467 e. The van der Waals surface area contributed by atoms with Gasteiger partial charge in [0.05, 0.1) is 12.8 Å². The number of hydrogen-bond donors (Lipinski definition) is 1. The summed E-state index contributed by atoms with van der Waals surface area (Å²) in [6, 6.07) is 10.6. The van der Waals surface area contributed by atoms with E-state index in [1.807, 2.05) is 6.07 Å². The van der Waals surface area contributed by atoms with Crippen molar-refractivity contribution in [2.75, 3.05) is 11.9 Å². The number of nitrogens with two attached hydrogens (primary N) is 1. The Hall–Kier alpha value is -1.74. The minimum Gasteiger partial charge on any atom is -0.467 e. The summed E-state index contributed by atoms with van der Waals surface area (Å²) in [6.45, 7) is 3.44. The van der Waals surface area contributed by atoms with Crippen molar-refractivity contribution in [2.45, 2.75) is 26.4 Å². The van der Waals surface area contributed by atoms with E-state index in [-0.39, 0.29) is 0 Å². The molecule has 0 radical (unpaired) electrons. The van der Waals surface area contributed by atoms with Gasteiger partial charge in [0.1, 0.15) is 5.76 Å². The smallest absolute Gasteiger partial charge is 0.123 e. The second-order valence-corrected chi connectivity index (χ2v) is 4.50. The maximum atomic E-state index is 5.56. The fourth-order valence-electron chi connectivity index (χ4n) is 1.93. The third kappa shape index (κ3) is 2.93. The van der Waals surface area contributed by atoms with E-state index in [9.17, 15) is 0 Å². The van der Waals surface area contributed by atoms with Crippen LogP contribution in [0.1, 0.15) is 23.8 Å². The number of rotatable bonds is 5. The predicted molar refractivity (Wildman–Crippen MR) is 74.5 cm³/mol. The van der Waals surface area contributed by atoms with E-state index in [1.54, 1.807) is 6.26 Å². The molecule has 0 saturated heterocycles. The zero-order valence-electron chi connectivity index (χ0n) is 11.0. The van der Waals surface area contributed by atoms with E-state index in [4.69, 9.17) is 10.2 Å². The maximum Gasteiger partial charge on any atom is 0.123 e. The Labute approximate surface area is 108 Å². The highest BCUT2D eigenvalue weighted by molar-refractivity contribution is 5.47. The second kappa shape index (κ2) is 5.74. The first-order valence-electron chi connectivity index (χ1n) is 6.29. The summed E-state index contributed by atoms with van der Waals surface area (Å²) in [6.07, 6.45) is 2.80. The highest BCUT2D eigenvalue weighted by Crippen LogP contribution is 2.17. The molecule has 3 nitrogen and oxygen atoms in total. The summed E-state index contributed by atoms with van der Waals surface area (Å²) in [5.74, 6) is 0.942. The van der Waals surface area contributed by atoms with Crippen LogP contribution in [0.5, 0.6) is 0 Å². The minimum absolute atomic E-state index is 0.526. The first-order chi connectivity index (χ1) is 8.72. The molecule has 2 aromatic rings. The summed E-state index contributed by atoms with van der Waals surface area (Å²) >= 11 is 0. The zero-order valence-corrected chi connectivity index (χ0v) is 11.0. The zero-order chi connectivity index (χ0) is 13.0. The van der Waals surface area contributed by atoms with E-state index in [1.165, 1.54) is 11.3 Å². The van der Waals surface area contributed by atoms with Crippen molar-refractivity contribution >= 4 is 5.69 Å². The molecule has 0 aliphatic heterocycles. The van der Waals surface area contributed by atoms with Crippen LogP contribution in [0.4, 0.5) is 5.69 Å². The van der Waals surface area contributed by atoms with E-state index in [0.717, 1.165) is 24.3 Å². The summed E-state index contributed by atoms with van der Waals surface area (Å²) < 4.78 is 5.47. The number of aryl methyl sites for hydroxylation is 1. The average Bonchev–Trinajstić information content (AvgIpc) is 2.86. The fraction of sp³-hybridized carbons (Fsp3) is 0.333. The fourth-order valence-corrected chi connectivity index (χ4v) is 1.93. The molecule has 1 heterocycles. The first kappa shape index (κ1) is 12.7. The number of nitrogens with zero attached hydrogens (tertiary/aromatic N) is 1. The number of furan rings is 1. The van der Waals surface area contributed by atoms with Gasteiger partial charge in [0.15, 0.2) is 0 Å². The van der Waals surface area contributed by atoms with Gasteiger partial charge in [-0.05, 0) is 30.2 Å². The van der Waals surface area contributed by atoms with Crippen LogP contribution < -0.4 is 10.6 Å². The minimum atomic E-state index is 0.526. The maximum absolute atomic E-state index is 5.56. The van der Waals surface area contributed by atoms with Gasteiger partial charge in [-0.25, -0.2) is 0 Å². The summed E-state index contributed by atoms with van der Waals surface area (Å²) in [5.41, 5.74) is 9.15. The molecule has 0 atom stereocenters. The molecule has 0 amide bonds. The number of hydrogen-bond acceptors (Lipinski definition) is 3. The quantitative estimate of drug-likeness (QED) is 0.879. The van der Waals surface area contributed by atoms with Crippen LogP contribution in [0.15, 0.2) is 41.0 Å². The van der Waals surface area contributed by atoms with Crippen molar-refractivity contribution in [1.29, 1.82) is 0 Å². The van der Waals surface area contributed by atoms with Crippen LogP contribution in [0.2, 0.25) is 0 Å². The molecule has 0 fully saturated rings. The molecule has 96 valence electrons. The lowest BCUT2D eigenvalue weighted by Crippen LogP contribution is -2.15. The number of benzene rings is 1. The lowest BCUT2D eigenvalue weighted by Gasteiger charge is -2.18. The number of anilines is 1. The molecular weight excluding hydrogens is 224 g/mol. The third-order valence-corrected chi connectivity index (χ3v) is 3.12. The molecule has 2 N–H and O–H groups in total. The Bertz CT molecular complexity index is 487. The van der Waals surface area contributed by atoms with Crippen LogP contribution in [-0.4, -0.2) is 7.05 Å². The highest BCUT2D eigenvalue weighted by Gasteiger charge is 2.06. The Kier molecular flexibility index (Phi) is 4.05. The van der Waals surface area contributed by atoms with Gasteiger partial charge in [-0.2, -0.15) is 0 Å². The molecule has 0 saturated carbocycles. The van der Waals surface area contributed by atoms with Crippen LogP contribution in [0.3, 0.4) is 0 Å². The predicted octanol–water partition coefficient (Wildman–Crippen LogP) is 2.94. The molecule has 0 aliphatic rings. The lowest BCUT2D eigenvalue weighted by atomic mass is 10.1. The second-order valence-electron chi connectivity index (χ2n) is 4.50. The van der Waals surface area contributed by atoms with Crippen LogP contribution in [0.25, 0.3) is 0 Å². The Morgan fingerprint density at radius 2 is 1.89 bits per heavy atom. The molecule has 0 spiro atoms. The van der Waals surface area contributed by atoms with Crippen LogP contribution >= 0.6 is 0 Å². The van der Waals surface area contributed by atoms with Gasteiger partial charge in [0.25, 0.3) is 0 Å². The van der Waals surface area contributed by atoms with Gasteiger partial charge in [0.2, 0.25) is 0 Å². The van der Waals surface area contributed by atoms with Gasteiger partial charge < -0.3 is 15.1 Å². The Morgan fingerprint density at radius 1 is 1.17 bits per heavy atom. The monoisotopic (exact) mass is 244 g/mol. The van der Waals surface area contributed by atoms with Crippen molar-refractivity contribution in [1.82, 2.24) is 0 Å². The molecule has 18 heavy (non-hydrogen) atoms. The highest BCUT2D eigenvalue weighted by atomic mass is 16.3. The average molecular weight is 244 g/mol. The standard InChI is InChI=1S/C15H20N2O/c1-3-12-4-6-14(7-5-12)17(2)10-15-8-13(9-16)11-18-15/h4-8,11H,3,9-10,16H2,1-2H3. The molecule has 1 aromatic heterocycles. The van der Waals surface area contributed by atoms with Crippen LogP contribution in [-0.2, 0) is 19.5 Å². The van der Waals surface area contributed by atoms with E-state index >= 15 is 0 Å². The Balaban J connectivity index is 2.03. The van der Waals surface area contributed by atoms with E-state index in [0.29, 0.717) is 6.54 Å². The summed E-state index contributed by atoms with van der Waals surface area (Å²) in [5, 5.41) is 0. The van der Waals surface area contributed by atoms with Gasteiger partial charge >= 0.3 is 0 Å². The summed E-state index contributed by atoms with van der Waals surface area (Å²) in [4.78, 5) is 2.17. The topological polar surface area (TPSA) is 42.4 Å². The van der Waals surface area contributed by atoms with Crippen molar-refractivity contribution in [3.8, 4) is 0 Å². The van der Waals surface area contributed by atoms with Gasteiger partial charge in [-0.3, -0.25) is 0 Å². The Morgan fingerprint density at radius 3 is 2.44 bits per heavy atom. The molecule has 2 rings (SSSR count). The van der Waals surface area contributed by atoms with Crippen molar-refractivity contribution in [2.24, 2.45) is 5.73 Å². The third-order valence-electron chi connectivity index (χ3n) is 3.12. The first-order valence-corrected chi connectivity index (χ1v) is 6.29. The molecule has 0 unspecified atom stereocenters. The molecular formula is C15H20N2O. The van der Waals surface area contributed by atoms with E-state index < -0.39 is 0 Å². The molecule has 3 heteroatoms. The normalized spacial score (nSPS) is 10.6. The van der Waals surface area contributed by atoms with Gasteiger partial charge in [-0.1, -0.05) is 19.1 Å². The lowest BCUT2D eigenvalue weighted by molar-refractivity contribution is 0.506. The molecule has 1 aromatic carbocycles. The van der Waals surface area contributed by atoms with E-state index in [2.05, 4.69) is 43.1 Å². The SMILES string of the molecule is CCc1ccc(N(C)Cc2cc(CN)co2)cc1. The molecule has 0 bridgehead atoms. The molecule has 0 aliphatic carbocycles. The van der Waals surface area contributed by atoms with Gasteiger partial charge in [0, 0.05) is 24.8 Å². The van der Waals surface area contributed by atoms with Crippen molar-refractivity contribution in [3.63, 3.8) is 0 Å². The van der Waals surface area contributed by atoms with Crippen molar-refractivity contribution < 1.29 is 4.42 Å². The van der Waals surface area contributed by atoms with Gasteiger partial charge in [-0.15, -0.1) is 0 Å². The summed E-state index contributed by atoms with van der Waals surface area (Å²) in [7, 11) is 2.06.